The minimum atomic E-state index is -1.36. The molecule has 0 saturated carbocycles. The SMILES string of the molecule is CCOC(=O)C1=CN=C2C=CC([N+](=O)[O-])=CN2[C@H]1O. The van der Waals surface area contributed by atoms with E-state index in [1.807, 2.05) is 0 Å². The first kappa shape index (κ1) is 13.0. The minimum Gasteiger partial charge on any atom is -0.462 e. The van der Waals surface area contributed by atoms with Crippen molar-refractivity contribution in [2.75, 3.05) is 6.61 Å². The third-order valence-corrected chi connectivity index (χ3v) is 2.54. The van der Waals surface area contributed by atoms with Crippen LogP contribution in [-0.4, -0.2) is 39.6 Å². The Kier molecular flexibility index (Phi) is 3.43. The highest BCUT2D eigenvalue weighted by molar-refractivity contribution is 5.99. The van der Waals surface area contributed by atoms with Gasteiger partial charge in [0.15, 0.2) is 6.23 Å². The number of allylic oxidation sites excluding steroid dienone is 1. The predicted octanol–water partition coefficient (Wildman–Crippen LogP) is 0.154. The molecule has 19 heavy (non-hydrogen) atoms. The fourth-order valence-electron chi connectivity index (χ4n) is 1.64. The second-order valence-electron chi connectivity index (χ2n) is 3.72. The van der Waals surface area contributed by atoms with Crippen LogP contribution in [0.4, 0.5) is 0 Å². The van der Waals surface area contributed by atoms with Gasteiger partial charge in [0.2, 0.25) is 0 Å². The van der Waals surface area contributed by atoms with Crippen molar-refractivity contribution in [3.8, 4) is 0 Å². The molecule has 0 saturated heterocycles. The molecular weight excluding hydrogens is 254 g/mol. The van der Waals surface area contributed by atoms with Gasteiger partial charge in [-0.15, -0.1) is 0 Å². The summed E-state index contributed by atoms with van der Waals surface area (Å²) in [5.41, 5.74) is -0.275. The molecule has 0 amide bonds. The lowest BCUT2D eigenvalue weighted by Gasteiger charge is -2.30. The second kappa shape index (κ2) is 5.02. The van der Waals surface area contributed by atoms with Crippen LogP contribution in [0, 0.1) is 10.1 Å². The van der Waals surface area contributed by atoms with Gasteiger partial charge in [-0.25, -0.2) is 9.79 Å². The minimum absolute atomic E-state index is 0.0696. The van der Waals surface area contributed by atoms with Crippen molar-refractivity contribution in [1.82, 2.24) is 4.90 Å². The van der Waals surface area contributed by atoms with E-state index in [1.54, 1.807) is 6.92 Å². The van der Waals surface area contributed by atoms with Crippen molar-refractivity contribution in [1.29, 1.82) is 0 Å². The number of amidine groups is 1. The number of nitro groups is 1. The van der Waals surface area contributed by atoms with Crippen LogP contribution in [0.15, 0.2) is 40.8 Å². The highest BCUT2D eigenvalue weighted by Crippen LogP contribution is 2.21. The van der Waals surface area contributed by atoms with Crippen molar-refractivity contribution >= 4 is 11.8 Å². The lowest BCUT2D eigenvalue weighted by molar-refractivity contribution is -0.420. The van der Waals surface area contributed by atoms with Crippen molar-refractivity contribution < 1.29 is 19.6 Å². The smallest absolute Gasteiger partial charge is 0.340 e. The van der Waals surface area contributed by atoms with Crippen LogP contribution < -0.4 is 0 Å². The fourth-order valence-corrected chi connectivity index (χ4v) is 1.64. The predicted molar refractivity (Wildman–Crippen MR) is 64.2 cm³/mol. The van der Waals surface area contributed by atoms with Crippen LogP contribution in [0.5, 0.6) is 0 Å². The van der Waals surface area contributed by atoms with E-state index < -0.39 is 17.1 Å². The van der Waals surface area contributed by atoms with Gasteiger partial charge in [0, 0.05) is 12.3 Å². The Morgan fingerprint density at radius 1 is 1.63 bits per heavy atom. The molecular formula is C11H11N3O5. The molecule has 0 aromatic carbocycles. The number of carbonyl (C=O) groups is 1. The highest BCUT2D eigenvalue weighted by Gasteiger charge is 2.32. The number of hydrogen-bond acceptors (Lipinski definition) is 7. The van der Waals surface area contributed by atoms with Gasteiger partial charge in [0.05, 0.1) is 17.7 Å². The number of aliphatic imine (C=N–C) groups is 1. The van der Waals surface area contributed by atoms with Gasteiger partial charge >= 0.3 is 5.97 Å². The van der Waals surface area contributed by atoms with Gasteiger partial charge in [-0.2, -0.15) is 0 Å². The quantitative estimate of drug-likeness (QED) is 0.442. The molecule has 0 bridgehead atoms. The summed E-state index contributed by atoms with van der Waals surface area (Å²) in [5, 5.41) is 20.7. The second-order valence-corrected chi connectivity index (χ2v) is 3.72. The molecule has 2 aliphatic rings. The summed E-state index contributed by atoms with van der Waals surface area (Å²) >= 11 is 0. The molecule has 0 radical (unpaired) electrons. The van der Waals surface area contributed by atoms with Crippen molar-refractivity contribution in [2.45, 2.75) is 13.2 Å². The lowest BCUT2D eigenvalue weighted by atomic mass is 10.1. The molecule has 0 aromatic rings. The van der Waals surface area contributed by atoms with Crippen LogP contribution in [-0.2, 0) is 9.53 Å². The number of aliphatic hydroxyl groups excluding tert-OH is 1. The van der Waals surface area contributed by atoms with Gasteiger partial charge in [-0.3, -0.25) is 15.0 Å². The molecule has 0 aliphatic carbocycles. The van der Waals surface area contributed by atoms with Gasteiger partial charge < -0.3 is 9.84 Å². The third kappa shape index (κ3) is 2.38. The van der Waals surface area contributed by atoms with E-state index in [1.165, 1.54) is 18.4 Å². The van der Waals surface area contributed by atoms with Crippen LogP contribution in [0.1, 0.15) is 6.92 Å². The van der Waals surface area contributed by atoms with Crippen LogP contribution in [0.2, 0.25) is 0 Å². The first-order valence-electron chi connectivity index (χ1n) is 5.50. The van der Waals surface area contributed by atoms with Gasteiger partial charge in [0.1, 0.15) is 11.4 Å². The maximum Gasteiger partial charge on any atom is 0.340 e. The molecule has 1 atom stereocenters. The standard InChI is InChI=1S/C11H11N3O5/c1-2-19-11(16)8-5-12-9-4-3-7(14(17)18)6-13(9)10(8)15/h3-6,10,15H,2H2,1H3/t10-/m0/s1. The van der Waals surface area contributed by atoms with E-state index in [2.05, 4.69) is 4.99 Å². The summed E-state index contributed by atoms with van der Waals surface area (Å²) in [5.74, 6) is -0.394. The number of hydrogen-bond donors (Lipinski definition) is 1. The maximum atomic E-state index is 11.6. The van der Waals surface area contributed by atoms with Crippen molar-refractivity contribution in [3.63, 3.8) is 0 Å². The number of aliphatic hydroxyl groups is 1. The average Bonchev–Trinajstić information content (AvgIpc) is 2.39. The monoisotopic (exact) mass is 265 g/mol. The molecule has 8 heteroatoms. The van der Waals surface area contributed by atoms with E-state index in [4.69, 9.17) is 4.74 Å². The molecule has 8 nitrogen and oxygen atoms in total. The summed E-state index contributed by atoms with van der Waals surface area (Å²) in [7, 11) is 0. The van der Waals surface area contributed by atoms with Crippen molar-refractivity contribution in [3.05, 3.63) is 45.9 Å². The zero-order chi connectivity index (χ0) is 14.0. The number of carbonyl (C=O) groups excluding carboxylic acids is 1. The van der Waals surface area contributed by atoms with Crippen molar-refractivity contribution in [2.24, 2.45) is 4.99 Å². The lowest BCUT2D eigenvalue weighted by Crippen LogP contribution is -2.42. The summed E-state index contributed by atoms with van der Waals surface area (Å²) in [6, 6.07) is 0. The topological polar surface area (TPSA) is 105 Å². The van der Waals surface area contributed by atoms with Gasteiger partial charge in [-0.05, 0) is 13.0 Å². The third-order valence-electron chi connectivity index (χ3n) is 2.54. The van der Waals surface area contributed by atoms with E-state index in [-0.39, 0.29) is 17.9 Å². The van der Waals surface area contributed by atoms with E-state index in [0.717, 1.165) is 11.1 Å². The summed E-state index contributed by atoms with van der Waals surface area (Å²) in [6.45, 7) is 1.80. The Bertz CT molecular complexity index is 547. The summed E-state index contributed by atoms with van der Waals surface area (Å²) in [6.07, 6.45) is 3.62. The molecule has 1 N–H and O–H groups in total. The Balaban J connectivity index is 2.30. The Labute approximate surface area is 108 Å². The first-order chi connectivity index (χ1) is 9.04. The van der Waals surface area contributed by atoms with Crippen LogP contribution in [0.25, 0.3) is 0 Å². The maximum absolute atomic E-state index is 11.6. The Hall–Kier alpha value is -2.48. The van der Waals surface area contributed by atoms with Crippen LogP contribution >= 0.6 is 0 Å². The number of fused-ring (bicyclic) bond motifs is 1. The number of rotatable bonds is 3. The number of ether oxygens (including phenoxy) is 1. The molecule has 0 unspecified atom stereocenters. The highest BCUT2D eigenvalue weighted by atomic mass is 16.6. The van der Waals surface area contributed by atoms with E-state index >= 15 is 0 Å². The summed E-state index contributed by atoms with van der Waals surface area (Å²) < 4.78 is 4.77. The fraction of sp³-hybridized carbons (Fsp3) is 0.273. The Morgan fingerprint density at radius 3 is 3.00 bits per heavy atom. The average molecular weight is 265 g/mol. The zero-order valence-electron chi connectivity index (χ0n) is 10.0. The normalized spacial score (nSPS) is 21.1. The molecule has 100 valence electrons. The number of nitrogens with zero attached hydrogens (tertiary/aromatic N) is 3. The Morgan fingerprint density at radius 2 is 2.37 bits per heavy atom. The van der Waals surface area contributed by atoms with Gasteiger partial charge in [0.25, 0.3) is 5.70 Å². The van der Waals surface area contributed by atoms with E-state index in [0.29, 0.717) is 5.84 Å². The van der Waals surface area contributed by atoms with Crippen LogP contribution in [0.3, 0.4) is 0 Å². The molecule has 2 aliphatic heterocycles. The largest absolute Gasteiger partial charge is 0.462 e. The molecule has 0 spiro atoms. The molecule has 2 heterocycles. The van der Waals surface area contributed by atoms with Gasteiger partial charge in [-0.1, -0.05) is 0 Å². The zero-order valence-corrected chi connectivity index (χ0v) is 10.0. The molecule has 0 fully saturated rings. The first-order valence-corrected chi connectivity index (χ1v) is 5.50. The van der Waals surface area contributed by atoms with E-state index in [9.17, 15) is 20.0 Å². The summed E-state index contributed by atoms with van der Waals surface area (Å²) in [4.78, 5) is 26.8. The molecule has 0 aromatic heterocycles. The number of esters is 1. The molecule has 2 rings (SSSR count).